The molecule has 0 bridgehead atoms. The summed E-state index contributed by atoms with van der Waals surface area (Å²) in [7, 11) is 0. The molecule has 0 aliphatic carbocycles. The molecule has 3 heteroatoms. The maximum absolute atomic E-state index is 4.56. The third-order valence-corrected chi connectivity index (χ3v) is 4.50. The largest absolute Gasteiger partial charge is 0.230 e. The smallest absolute Gasteiger partial charge is 0.151 e. The fraction of sp³-hybridized carbons (Fsp3) is 0.250. The molecule has 1 aromatic heterocycles. The van der Waals surface area contributed by atoms with Crippen LogP contribution in [0.1, 0.15) is 13.3 Å². The first kappa shape index (κ1) is 10.7. The molecule has 1 nitrogen and oxygen atoms in total. The molecule has 0 atom stereocenters. The molecule has 78 valence electrons. The Morgan fingerprint density at radius 1 is 1.47 bits per heavy atom. The van der Waals surface area contributed by atoms with Crippen LogP contribution in [0.15, 0.2) is 40.8 Å². The first-order valence-corrected chi connectivity index (χ1v) is 6.75. The van der Waals surface area contributed by atoms with Gasteiger partial charge in [0.25, 0.3) is 0 Å². The van der Waals surface area contributed by atoms with Gasteiger partial charge in [0.2, 0.25) is 0 Å². The molecule has 0 unspecified atom stereocenters. The quantitative estimate of drug-likeness (QED) is 0.577. The number of rotatable bonds is 4. The van der Waals surface area contributed by atoms with Gasteiger partial charge in [-0.15, -0.1) is 11.3 Å². The molecule has 2 rings (SSSR count). The number of hydrogen-bond donors (Lipinski definition) is 0. The second-order valence-corrected chi connectivity index (χ2v) is 5.59. The first-order valence-electron chi connectivity index (χ1n) is 4.94. The summed E-state index contributed by atoms with van der Waals surface area (Å²) in [6.45, 7) is 6.14. The van der Waals surface area contributed by atoms with Gasteiger partial charge in [-0.05, 0) is 18.6 Å². The predicted octanol–water partition coefficient (Wildman–Crippen LogP) is 4.35. The Morgan fingerprint density at radius 3 is 3.00 bits per heavy atom. The number of hydrogen-bond acceptors (Lipinski definition) is 3. The van der Waals surface area contributed by atoms with Crippen molar-refractivity contribution in [2.24, 2.45) is 0 Å². The fourth-order valence-corrected chi connectivity index (χ4v) is 3.25. The van der Waals surface area contributed by atoms with Crippen LogP contribution in [0.4, 0.5) is 0 Å². The van der Waals surface area contributed by atoms with Crippen molar-refractivity contribution < 1.29 is 0 Å². The SMILES string of the molecule is C=C(CC)CSc1nc2ccccc2s1. The summed E-state index contributed by atoms with van der Waals surface area (Å²) < 4.78 is 2.41. The van der Waals surface area contributed by atoms with Crippen molar-refractivity contribution in [3.63, 3.8) is 0 Å². The lowest BCUT2D eigenvalue weighted by Gasteiger charge is -1.97. The Kier molecular flexibility index (Phi) is 3.44. The van der Waals surface area contributed by atoms with Crippen molar-refractivity contribution in [1.29, 1.82) is 0 Å². The molecule has 1 aromatic carbocycles. The van der Waals surface area contributed by atoms with Crippen molar-refractivity contribution in [2.45, 2.75) is 17.7 Å². The zero-order valence-corrected chi connectivity index (χ0v) is 10.3. The highest BCUT2D eigenvalue weighted by atomic mass is 32.2. The van der Waals surface area contributed by atoms with Crippen molar-refractivity contribution in [2.75, 3.05) is 5.75 Å². The van der Waals surface area contributed by atoms with E-state index >= 15 is 0 Å². The van der Waals surface area contributed by atoms with Crippen LogP contribution >= 0.6 is 23.1 Å². The number of benzene rings is 1. The van der Waals surface area contributed by atoms with E-state index in [4.69, 9.17) is 0 Å². The highest BCUT2D eigenvalue weighted by Gasteiger charge is 2.03. The number of para-hydroxylation sites is 1. The van der Waals surface area contributed by atoms with E-state index in [-0.39, 0.29) is 0 Å². The maximum Gasteiger partial charge on any atom is 0.151 e. The van der Waals surface area contributed by atoms with Crippen LogP contribution in [0, 0.1) is 0 Å². The van der Waals surface area contributed by atoms with Gasteiger partial charge in [-0.1, -0.05) is 43.0 Å². The second kappa shape index (κ2) is 4.81. The lowest BCUT2D eigenvalue weighted by atomic mass is 10.3. The standard InChI is InChI=1S/C12H13NS2/c1-3-9(2)8-14-12-13-10-6-4-5-7-11(10)15-12/h4-7H,2-3,8H2,1H3. The lowest BCUT2D eigenvalue weighted by Crippen LogP contribution is -1.81. The van der Waals surface area contributed by atoms with Gasteiger partial charge in [-0.25, -0.2) is 4.98 Å². The van der Waals surface area contributed by atoms with E-state index in [1.807, 2.05) is 6.07 Å². The highest BCUT2D eigenvalue weighted by molar-refractivity contribution is 8.01. The molecule has 0 aliphatic rings. The molecule has 0 N–H and O–H groups in total. The fourth-order valence-electron chi connectivity index (χ4n) is 1.18. The van der Waals surface area contributed by atoms with E-state index in [9.17, 15) is 0 Å². The van der Waals surface area contributed by atoms with Crippen molar-refractivity contribution in [3.05, 3.63) is 36.4 Å². The zero-order chi connectivity index (χ0) is 10.7. The monoisotopic (exact) mass is 235 g/mol. The minimum atomic E-state index is 0.982. The molecule has 0 saturated carbocycles. The second-order valence-electron chi connectivity index (χ2n) is 3.34. The van der Waals surface area contributed by atoms with Crippen LogP contribution in [-0.2, 0) is 0 Å². The molecule has 0 spiro atoms. The van der Waals surface area contributed by atoms with Gasteiger partial charge in [0, 0.05) is 5.75 Å². The van der Waals surface area contributed by atoms with E-state index in [0.717, 1.165) is 22.0 Å². The van der Waals surface area contributed by atoms with Crippen LogP contribution in [-0.4, -0.2) is 10.7 Å². The van der Waals surface area contributed by atoms with E-state index in [0.29, 0.717) is 0 Å². The molecular formula is C12H13NS2. The number of aromatic nitrogens is 1. The summed E-state index contributed by atoms with van der Waals surface area (Å²) in [6, 6.07) is 8.26. The summed E-state index contributed by atoms with van der Waals surface area (Å²) in [5.41, 5.74) is 2.38. The third kappa shape index (κ3) is 2.61. The Labute approximate surface area is 98.2 Å². The molecule has 0 fully saturated rings. The van der Waals surface area contributed by atoms with E-state index in [1.54, 1.807) is 23.1 Å². The summed E-state index contributed by atoms with van der Waals surface area (Å²) in [4.78, 5) is 4.56. The Bertz CT molecular complexity index is 440. The van der Waals surface area contributed by atoms with Gasteiger partial charge in [0.1, 0.15) is 0 Å². The van der Waals surface area contributed by atoms with Crippen molar-refractivity contribution in [1.82, 2.24) is 4.98 Å². The van der Waals surface area contributed by atoms with Gasteiger partial charge < -0.3 is 0 Å². The average Bonchev–Trinajstić information content (AvgIpc) is 2.68. The lowest BCUT2D eigenvalue weighted by molar-refractivity contribution is 1.11. The maximum atomic E-state index is 4.56. The Morgan fingerprint density at radius 2 is 2.27 bits per heavy atom. The van der Waals surface area contributed by atoms with Crippen LogP contribution in [0.3, 0.4) is 0 Å². The average molecular weight is 235 g/mol. The van der Waals surface area contributed by atoms with Crippen LogP contribution in [0.5, 0.6) is 0 Å². The van der Waals surface area contributed by atoms with Gasteiger partial charge in [-0.2, -0.15) is 0 Å². The van der Waals surface area contributed by atoms with Gasteiger partial charge in [0.15, 0.2) is 4.34 Å². The first-order chi connectivity index (χ1) is 7.29. The predicted molar refractivity (Wildman–Crippen MR) is 69.8 cm³/mol. The molecule has 15 heavy (non-hydrogen) atoms. The highest BCUT2D eigenvalue weighted by Crippen LogP contribution is 2.30. The van der Waals surface area contributed by atoms with E-state index < -0.39 is 0 Å². The van der Waals surface area contributed by atoms with Gasteiger partial charge in [-0.3, -0.25) is 0 Å². The Balaban J connectivity index is 2.12. The number of thiazole rings is 1. The summed E-state index contributed by atoms with van der Waals surface area (Å²) in [5, 5.41) is 0. The third-order valence-electron chi connectivity index (χ3n) is 2.17. The van der Waals surface area contributed by atoms with Gasteiger partial charge in [0.05, 0.1) is 10.2 Å². The van der Waals surface area contributed by atoms with Crippen LogP contribution < -0.4 is 0 Å². The van der Waals surface area contributed by atoms with Crippen molar-refractivity contribution >= 4 is 33.3 Å². The summed E-state index contributed by atoms with van der Waals surface area (Å²) in [5.74, 6) is 0.982. The summed E-state index contributed by atoms with van der Waals surface area (Å²) >= 11 is 3.55. The normalized spacial score (nSPS) is 10.7. The molecule has 2 aromatic rings. The van der Waals surface area contributed by atoms with E-state index in [2.05, 4.69) is 36.7 Å². The molecule has 1 heterocycles. The number of nitrogens with zero attached hydrogens (tertiary/aromatic N) is 1. The van der Waals surface area contributed by atoms with Crippen LogP contribution in [0.2, 0.25) is 0 Å². The summed E-state index contributed by atoms with van der Waals surface area (Å²) in [6.07, 6.45) is 1.05. The van der Waals surface area contributed by atoms with Crippen molar-refractivity contribution in [3.8, 4) is 0 Å². The van der Waals surface area contributed by atoms with Crippen LogP contribution in [0.25, 0.3) is 10.2 Å². The van der Waals surface area contributed by atoms with E-state index in [1.165, 1.54) is 10.3 Å². The molecule has 0 saturated heterocycles. The molecule has 0 amide bonds. The van der Waals surface area contributed by atoms with Gasteiger partial charge >= 0.3 is 0 Å². The molecule has 0 aliphatic heterocycles. The molecule has 0 radical (unpaired) electrons. The Hall–Kier alpha value is -0.800. The molecular weight excluding hydrogens is 222 g/mol. The minimum Gasteiger partial charge on any atom is -0.230 e. The number of fused-ring (bicyclic) bond motifs is 1. The minimum absolute atomic E-state index is 0.982. The topological polar surface area (TPSA) is 12.9 Å². The number of thioether (sulfide) groups is 1. The zero-order valence-electron chi connectivity index (χ0n) is 8.69.